The first-order valence-electron chi connectivity index (χ1n) is 7.03. The van der Waals surface area contributed by atoms with Crippen molar-refractivity contribution in [2.45, 2.75) is 45.8 Å². The molecule has 0 amide bonds. The molecular weight excluding hydrogens is 283 g/mol. The Morgan fingerprint density at radius 2 is 1.76 bits per heavy atom. The minimum Gasteiger partial charge on any atom is -0.398 e. The number of pyridine rings is 1. The molecule has 1 fully saturated rings. The highest BCUT2D eigenvalue weighted by Gasteiger charge is 2.52. The second-order valence-corrected chi connectivity index (χ2v) is 7.37. The average Bonchev–Trinajstić information content (AvgIpc) is 2.92. The number of rotatable bonds is 2. The Balaban J connectivity index is 1.83. The van der Waals surface area contributed by atoms with Crippen molar-refractivity contribution < 1.29 is 9.31 Å². The van der Waals surface area contributed by atoms with E-state index < -0.39 is 7.12 Å². The van der Waals surface area contributed by atoms with E-state index in [0.29, 0.717) is 0 Å². The Bertz CT molecular complexity index is 636. The van der Waals surface area contributed by atoms with Crippen molar-refractivity contribution in [3.8, 4) is 11.3 Å². The third kappa shape index (κ3) is 2.63. The van der Waals surface area contributed by atoms with Gasteiger partial charge in [-0.25, -0.2) is 4.98 Å². The van der Waals surface area contributed by atoms with Crippen LogP contribution in [0.2, 0.25) is 0 Å². The summed E-state index contributed by atoms with van der Waals surface area (Å²) in [6, 6.07) is 3.97. The maximum Gasteiger partial charge on any atom is 0.514 e. The van der Waals surface area contributed by atoms with Gasteiger partial charge in [0.15, 0.2) is 0 Å². The fraction of sp³-hybridized carbons (Fsp3) is 0.467. The summed E-state index contributed by atoms with van der Waals surface area (Å²) in [6.45, 7) is 10.2. The van der Waals surface area contributed by atoms with E-state index in [9.17, 15) is 0 Å². The lowest BCUT2D eigenvalue weighted by atomic mass is 9.84. The van der Waals surface area contributed by atoms with Crippen LogP contribution in [0.5, 0.6) is 0 Å². The van der Waals surface area contributed by atoms with Gasteiger partial charge < -0.3 is 9.31 Å². The van der Waals surface area contributed by atoms with Crippen LogP contribution in [0.4, 0.5) is 0 Å². The summed E-state index contributed by atoms with van der Waals surface area (Å²) in [5.41, 5.74) is 2.09. The Labute approximate surface area is 129 Å². The van der Waals surface area contributed by atoms with Gasteiger partial charge in [0.05, 0.1) is 27.5 Å². The first-order valence-corrected chi connectivity index (χ1v) is 7.90. The van der Waals surface area contributed by atoms with Crippen LogP contribution in [-0.2, 0) is 9.31 Å². The highest BCUT2D eigenvalue weighted by Crippen LogP contribution is 2.36. The first-order chi connectivity index (χ1) is 9.78. The van der Waals surface area contributed by atoms with Gasteiger partial charge in [0.1, 0.15) is 0 Å². The number of nitrogens with zero attached hydrogens (tertiary/aromatic N) is 2. The molecule has 0 N–H and O–H groups in total. The fourth-order valence-electron chi connectivity index (χ4n) is 2.16. The van der Waals surface area contributed by atoms with Crippen LogP contribution in [0.3, 0.4) is 0 Å². The summed E-state index contributed by atoms with van der Waals surface area (Å²) in [4.78, 5) is 8.96. The summed E-state index contributed by atoms with van der Waals surface area (Å²) in [6.07, 6.45) is 1.83. The van der Waals surface area contributed by atoms with E-state index in [-0.39, 0.29) is 11.2 Å². The maximum absolute atomic E-state index is 6.00. The van der Waals surface area contributed by atoms with E-state index in [4.69, 9.17) is 9.31 Å². The highest BCUT2D eigenvalue weighted by atomic mass is 32.1. The number of hydrogen-bond donors (Lipinski definition) is 0. The fourth-order valence-corrected chi connectivity index (χ4v) is 2.78. The molecule has 3 heterocycles. The predicted octanol–water partition coefficient (Wildman–Crippen LogP) is 2.81. The zero-order valence-electron chi connectivity index (χ0n) is 13.0. The van der Waals surface area contributed by atoms with Crippen molar-refractivity contribution in [1.82, 2.24) is 9.97 Å². The average molecular weight is 302 g/mol. The molecule has 6 heteroatoms. The summed E-state index contributed by atoms with van der Waals surface area (Å²) in [5, 5.41) is 3.10. The zero-order chi connectivity index (χ0) is 15.3. The van der Waals surface area contributed by atoms with Gasteiger partial charge in [-0.2, -0.15) is 0 Å². The Morgan fingerprint density at radius 3 is 2.24 bits per heavy atom. The molecule has 0 saturated carbocycles. The molecule has 0 aromatic carbocycles. The molecule has 0 radical (unpaired) electrons. The number of aryl methyl sites for hydroxylation is 1. The smallest absolute Gasteiger partial charge is 0.398 e. The van der Waals surface area contributed by atoms with E-state index in [1.54, 1.807) is 11.3 Å². The largest absolute Gasteiger partial charge is 0.514 e. The maximum atomic E-state index is 6.00. The molecule has 1 aliphatic heterocycles. The van der Waals surface area contributed by atoms with Gasteiger partial charge in [-0.3, -0.25) is 4.98 Å². The van der Waals surface area contributed by atoms with Gasteiger partial charge in [0, 0.05) is 17.1 Å². The first kappa shape index (κ1) is 14.7. The van der Waals surface area contributed by atoms with Crippen LogP contribution in [0.1, 0.15) is 32.7 Å². The van der Waals surface area contributed by atoms with Gasteiger partial charge >= 0.3 is 7.12 Å². The molecule has 0 bridgehead atoms. The van der Waals surface area contributed by atoms with Gasteiger partial charge in [-0.05, 0) is 40.7 Å². The third-order valence-electron chi connectivity index (χ3n) is 4.20. The van der Waals surface area contributed by atoms with Crippen LogP contribution in [0, 0.1) is 6.92 Å². The molecule has 1 aliphatic rings. The lowest BCUT2D eigenvalue weighted by Gasteiger charge is -2.32. The summed E-state index contributed by atoms with van der Waals surface area (Å²) >= 11 is 1.64. The normalized spacial score (nSPS) is 20.0. The molecule has 0 spiro atoms. The Hall–Kier alpha value is -1.24. The van der Waals surface area contributed by atoms with Crippen molar-refractivity contribution in [1.29, 1.82) is 0 Å². The molecule has 3 rings (SSSR count). The molecule has 0 atom stereocenters. The second-order valence-electron chi connectivity index (χ2n) is 6.31. The van der Waals surface area contributed by atoms with Crippen molar-refractivity contribution in [3.05, 3.63) is 28.7 Å². The van der Waals surface area contributed by atoms with Crippen LogP contribution >= 0.6 is 11.3 Å². The lowest BCUT2D eigenvalue weighted by Crippen LogP contribution is -2.41. The quantitative estimate of drug-likeness (QED) is 0.800. The van der Waals surface area contributed by atoms with E-state index in [2.05, 4.69) is 9.97 Å². The summed E-state index contributed by atoms with van der Waals surface area (Å²) < 4.78 is 12.0. The highest BCUT2D eigenvalue weighted by molar-refractivity contribution is 7.09. The van der Waals surface area contributed by atoms with Crippen molar-refractivity contribution in [3.63, 3.8) is 0 Å². The van der Waals surface area contributed by atoms with Crippen LogP contribution in [-0.4, -0.2) is 28.3 Å². The predicted molar refractivity (Wildman–Crippen MR) is 85.8 cm³/mol. The van der Waals surface area contributed by atoms with E-state index in [1.807, 2.05) is 58.3 Å². The lowest BCUT2D eigenvalue weighted by molar-refractivity contribution is 0.00578. The van der Waals surface area contributed by atoms with Crippen molar-refractivity contribution >= 4 is 24.0 Å². The minimum absolute atomic E-state index is 0.343. The molecule has 2 aromatic rings. The molecule has 2 aromatic heterocycles. The molecule has 0 aliphatic carbocycles. The van der Waals surface area contributed by atoms with E-state index >= 15 is 0 Å². The SMILES string of the molecule is Cc1nc(-c2ccc(B3OC(C)(C)C(C)(C)O3)nc2)cs1. The summed E-state index contributed by atoms with van der Waals surface area (Å²) in [7, 11) is -0.416. The van der Waals surface area contributed by atoms with Gasteiger partial charge in [-0.1, -0.05) is 6.07 Å². The van der Waals surface area contributed by atoms with E-state index in [1.165, 1.54) is 0 Å². The Morgan fingerprint density at radius 1 is 1.10 bits per heavy atom. The van der Waals surface area contributed by atoms with E-state index in [0.717, 1.165) is 21.9 Å². The molecular formula is C15H19BN2O2S. The molecule has 110 valence electrons. The molecule has 21 heavy (non-hydrogen) atoms. The molecule has 4 nitrogen and oxygen atoms in total. The third-order valence-corrected chi connectivity index (χ3v) is 4.97. The number of aromatic nitrogens is 2. The zero-order valence-corrected chi connectivity index (χ0v) is 13.8. The number of hydrogen-bond acceptors (Lipinski definition) is 5. The number of thiazole rings is 1. The van der Waals surface area contributed by atoms with Gasteiger partial charge in [-0.15, -0.1) is 11.3 Å². The van der Waals surface area contributed by atoms with Crippen LogP contribution in [0.15, 0.2) is 23.7 Å². The monoisotopic (exact) mass is 302 g/mol. The molecule has 0 unspecified atom stereocenters. The standard InChI is InChI=1S/C15H19BN2O2S/c1-10-18-12(9-21-10)11-6-7-13(17-8-11)16-19-14(2,3)15(4,5)20-16/h6-9H,1-5H3. The Kier molecular flexibility index (Phi) is 3.43. The van der Waals surface area contributed by atoms with Crippen molar-refractivity contribution in [2.75, 3.05) is 0 Å². The minimum atomic E-state index is -0.416. The van der Waals surface area contributed by atoms with Gasteiger partial charge in [0.25, 0.3) is 0 Å². The topological polar surface area (TPSA) is 44.2 Å². The second kappa shape index (κ2) is 4.90. The summed E-state index contributed by atoms with van der Waals surface area (Å²) in [5.74, 6) is 0. The van der Waals surface area contributed by atoms with Gasteiger partial charge in [0.2, 0.25) is 0 Å². The van der Waals surface area contributed by atoms with Crippen molar-refractivity contribution in [2.24, 2.45) is 0 Å². The molecule has 1 saturated heterocycles. The van der Waals surface area contributed by atoms with Crippen LogP contribution < -0.4 is 5.59 Å². The van der Waals surface area contributed by atoms with Crippen LogP contribution in [0.25, 0.3) is 11.3 Å².